The molecule has 3 aromatic heterocycles. The molecule has 0 aromatic carbocycles. The van der Waals surface area contributed by atoms with Gasteiger partial charge in [0, 0.05) is 38.3 Å². The number of hydrogen-bond donors (Lipinski definition) is 0. The van der Waals surface area contributed by atoms with Gasteiger partial charge in [-0.3, -0.25) is 4.40 Å². The molecule has 0 spiro atoms. The summed E-state index contributed by atoms with van der Waals surface area (Å²) in [6.45, 7) is 3.83. The first-order chi connectivity index (χ1) is 11.9. The Morgan fingerprint density at radius 1 is 0.958 bits per heavy atom. The topological polar surface area (TPSA) is 62.5 Å². The zero-order valence-electron chi connectivity index (χ0n) is 13.4. The molecule has 7 heteroatoms. The molecule has 1 saturated heterocycles. The van der Waals surface area contributed by atoms with Crippen LogP contribution in [0, 0.1) is 0 Å². The highest BCUT2D eigenvalue weighted by atomic mass is 15.3. The number of nitrogens with zero attached hydrogens (tertiary/aromatic N) is 7. The second kappa shape index (κ2) is 5.43. The smallest absolute Gasteiger partial charge is 0.162 e. The summed E-state index contributed by atoms with van der Waals surface area (Å²) < 4.78 is 2.05. The lowest BCUT2D eigenvalue weighted by atomic mass is 10.3. The maximum Gasteiger partial charge on any atom is 0.162 e. The van der Waals surface area contributed by atoms with Gasteiger partial charge in [0.1, 0.15) is 23.8 Å². The van der Waals surface area contributed by atoms with Gasteiger partial charge >= 0.3 is 0 Å². The summed E-state index contributed by atoms with van der Waals surface area (Å²) >= 11 is 0. The maximum atomic E-state index is 4.77. The fourth-order valence-electron chi connectivity index (χ4n) is 3.34. The monoisotopic (exact) mass is 321 g/mol. The largest absolute Gasteiger partial charge is 0.354 e. The third-order valence-electron chi connectivity index (χ3n) is 4.84. The van der Waals surface area contributed by atoms with Crippen molar-refractivity contribution in [3.05, 3.63) is 42.6 Å². The van der Waals surface area contributed by atoms with Gasteiger partial charge in [-0.15, -0.1) is 10.2 Å². The molecule has 0 amide bonds. The van der Waals surface area contributed by atoms with E-state index in [1.807, 2.05) is 28.8 Å². The van der Waals surface area contributed by atoms with Crippen LogP contribution in [0.15, 0.2) is 36.8 Å². The molecule has 0 N–H and O–H groups in total. The summed E-state index contributed by atoms with van der Waals surface area (Å²) in [7, 11) is 0. The molecule has 4 heterocycles. The molecular weight excluding hydrogens is 302 g/mol. The maximum absolute atomic E-state index is 4.77. The number of rotatable bonds is 3. The van der Waals surface area contributed by atoms with Crippen molar-refractivity contribution in [1.82, 2.24) is 24.6 Å². The molecule has 2 fully saturated rings. The molecule has 3 aromatic rings. The van der Waals surface area contributed by atoms with Crippen molar-refractivity contribution in [3.8, 4) is 0 Å². The Kier molecular flexibility index (Phi) is 3.11. The van der Waals surface area contributed by atoms with Gasteiger partial charge in [-0.2, -0.15) is 0 Å². The van der Waals surface area contributed by atoms with E-state index in [-0.39, 0.29) is 0 Å². The van der Waals surface area contributed by atoms with Gasteiger partial charge < -0.3 is 9.80 Å². The first-order valence-corrected chi connectivity index (χ1v) is 8.50. The molecule has 1 aliphatic carbocycles. The van der Waals surface area contributed by atoms with E-state index in [0.717, 1.165) is 49.3 Å². The van der Waals surface area contributed by atoms with E-state index in [4.69, 9.17) is 4.98 Å². The lowest BCUT2D eigenvalue weighted by molar-refractivity contribution is 0.636. The third kappa shape index (κ3) is 2.36. The lowest BCUT2D eigenvalue weighted by Crippen LogP contribution is -2.47. The normalized spacial score (nSPS) is 18.3. The van der Waals surface area contributed by atoms with Crippen molar-refractivity contribution in [3.63, 3.8) is 0 Å². The van der Waals surface area contributed by atoms with Gasteiger partial charge in [0.2, 0.25) is 0 Å². The highest BCUT2D eigenvalue weighted by Crippen LogP contribution is 2.38. The molecule has 0 radical (unpaired) electrons. The number of pyridine rings is 1. The molecule has 5 rings (SSSR count). The molecule has 2 aliphatic rings. The summed E-state index contributed by atoms with van der Waals surface area (Å²) in [4.78, 5) is 13.9. The SMILES string of the molecule is c1cc(N2CCN(c3ccnc(C4CC4)n3)CC2)n2cnnc2c1. The van der Waals surface area contributed by atoms with Crippen LogP contribution in [0.2, 0.25) is 0 Å². The summed E-state index contributed by atoms with van der Waals surface area (Å²) in [5, 5.41) is 8.14. The van der Waals surface area contributed by atoms with E-state index in [9.17, 15) is 0 Å². The number of hydrogen-bond acceptors (Lipinski definition) is 6. The summed E-state index contributed by atoms with van der Waals surface area (Å²) in [5.41, 5.74) is 0.889. The molecule has 122 valence electrons. The van der Waals surface area contributed by atoms with Gasteiger partial charge in [-0.25, -0.2) is 9.97 Å². The van der Waals surface area contributed by atoms with Crippen LogP contribution in [-0.2, 0) is 0 Å². The van der Waals surface area contributed by atoms with Crippen molar-refractivity contribution in [1.29, 1.82) is 0 Å². The molecule has 0 bridgehead atoms. The molecule has 1 saturated carbocycles. The van der Waals surface area contributed by atoms with Crippen LogP contribution < -0.4 is 9.80 Å². The van der Waals surface area contributed by atoms with Crippen LogP contribution in [0.25, 0.3) is 5.65 Å². The third-order valence-corrected chi connectivity index (χ3v) is 4.84. The summed E-state index contributed by atoms with van der Waals surface area (Å²) in [5.74, 6) is 3.83. The van der Waals surface area contributed by atoms with Gasteiger partial charge in [-0.05, 0) is 31.0 Å². The molecule has 7 nitrogen and oxygen atoms in total. The first-order valence-electron chi connectivity index (χ1n) is 8.50. The molecule has 0 unspecified atom stereocenters. The van der Waals surface area contributed by atoms with Crippen molar-refractivity contribution >= 4 is 17.3 Å². The minimum absolute atomic E-state index is 0.595. The zero-order valence-corrected chi connectivity index (χ0v) is 13.4. The lowest BCUT2D eigenvalue weighted by Gasteiger charge is -2.36. The van der Waals surface area contributed by atoms with Crippen molar-refractivity contribution in [2.24, 2.45) is 0 Å². The number of anilines is 2. The highest BCUT2D eigenvalue weighted by molar-refractivity contribution is 5.52. The number of aromatic nitrogens is 5. The van der Waals surface area contributed by atoms with Gasteiger partial charge in [-0.1, -0.05) is 6.07 Å². The standard InChI is InChI=1S/C17H19N7/c1-2-15-21-19-12-24(15)16(3-1)23-10-8-22(9-11-23)14-6-7-18-17(20-14)13-4-5-13/h1-3,6-7,12-13H,4-5,8-11H2. The Balaban J connectivity index is 1.34. The summed E-state index contributed by atoms with van der Waals surface area (Å²) in [6, 6.07) is 8.18. The zero-order chi connectivity index (χ0) is 15.9. The van der Waals surface area contributed by atoms with E-state index >= 15 is 0 Å². The Bertz CT molecular complexity index is 862. The van der Waals surface area contributed by atoms with Crippen molar-refractivity contribution < 1.29 is 0 Å². The predicted molar refractivity (Wildman–Crippen MR) is 91.4 cm³/mol. The molecule has 0 atom stereocenters. The average molecular weight is 321 g/mol. The van der Waals surface area contributed by atoms with Crippen molar-refractivity contribution in [2.75, 3.05) is 36.0 Å². The highest BCUT2D eigenvalue weighted by Gasteiger charge is 2.27. The Labute approximate surface area is 140 Å². The van der Waals surface area contributed by atoms with Gasteiger partial charge in [0.25, 0.3) is 0 Å². The summed E-state index contributed by atoms with van der Waals surface area (Å²) in [6.07, 6.45) is 6.16. The van der Waals surface area contributed by atoms with Crippen LogP contribution in [0.4, 0.5) is 11.6 Å². The quantitative estimate of drug-likeness (QED) is 0.732. The Hall–Kier alpha value is -2.70. The second-order valence-electron chi connectivity index (χ2n) is 6.46. The number of fused-ring (bicyclic) bond motifs is 1. The van der Waals surface area contributed by atoms with E-state index < -0.39 is 0 Å². The van der Waals surface area contributed by atoms with Crippen LogP contribution in [-0.4, -0.2) is 50.7 Å². The van der Waals surface area contributed by atoms with Gasteiger partial charge in [0.05, 0.1) is 0 Å². The fraction of sp³-hybridized carbons (Fsp3) is 0.412. The van der Waals surface area contributed by atoms with E-state index in [1.165, 1.54) is 12.8 Å². The minimum Gasteiger partial charge on any atom is -0.354 e. The fourth-order valence-corrected chi connectivity index (χ4v) is 3.34. The Morgan fingerprint density at radius 2 is 1.79 bits per heavy atom. The Morgan fingerprint density at radius 3 is 2.62 bits per heavy atom. The van der Waals surface area contributed by atoms with Gasteiger partial charge in [0.15, 0.2) is 5.65 Å². The predicted octanol–water partition coefficient (Wildman–Crippen LogP) is 1.72. The molecule has 1 aliphatic heterocycles. The molecule has 24 heavy (non-hydrogen) atoms. The average Bonchev–Trinajstić information content (AvgIpc) is 3.39. The minimum atomic E-state index is 0.595. The van der Waals surface area contributed by atoms with Crippen LogP contribution in [0.5, 0.6) is 0 Å². The van der Waals surface area contributed by atoms with Crippen molar-refractivity contribution in [2.45, 2.75) is 18.8 Å². The molecular formula is C17H19N7. The number of piperazine rings is 1. The van der Waals surface area contributed by atoms with E-state index in [0.29, 0.717) is 5.92 Å². The first kappa shape index (κ1) is 13.7. The second-order valence-corrected chi connectivity index (χ2v) is 6.46. The van der Waals surface area contributed by atoms with Crippen LogP contribution in [0.3, 0.4) is 0 Å². The van der Waals surface area contributed by atoms with Crippen LogP contribution >= 0.6 is 0 Å². The van der Waals surface area contributed by atoms with Crippen LogP contribution in [0.1, 0.15) is 24.6 Å². The van der Waals surface area contributed by atoms with E-state index in [2.05, 4.69) is 31.0 Å². The van der Waals surface area contributed by atoms with E-state index in [1.54, 1.807) is 6.33 Å².